The summed E-state index contributed by atoms with van der Waals surface area (Å²) in [6.07, 6.45) is 0.673. The van der Waals surface area contributed by atoms with E-state index in [2.05, 4.69) is 5.32 Å². The average Bonchev–Trinajstić information content (AvgIpc) is 2.98. The van der Waals surface area contributed by atoms with Gasteiger partial charge < -0.3 is 19.5 Å². The summed E-state index contributed by atoms with van der Waals surface area (Å²) in [6.45, 7) is 2.27. The minimum absolute atomic E-state index is 0.220. The van der Waals surface area contributed by atoms with Gasteiger partial charge in [0.05, 0.1) is 32.6 Å². The standard InChI is InChI=1S/C22H24N2O5/c1-5-12-24-21(25)19(14-6-8-15(27-2)9-7-14)20(22(24)26)23-17-11-10-16(28-3)13-18(17)29-4/h6-11,13,23H,5,12H2,1-4H3. The number of carbonyl (C=O) groups excluding carboxylic acids is 2. The minimum Gasteiger partial charge on any atom is -0.497 e. The molecule has 0 unspecified atom stereocenters. The molecular weight excluding hydrogens is 372 g/mol. The van der Waals surface area contributed by atoms with E-state index in [1.165, 1.54) is 12.0 Å². The number of methoxy groups -OCH3 is 3. The smallest absolute Gasteiger partial charge is 0.278 e. The zero-order valence-corrected chi connectivity index (χ0v) is 16.9. The van der Waals surface area contributed by atoms with Gasteiger partial charge in [-0.2, -0.15) is 0 Å². The van der Waals surface area contributed by atoms with Crippen molar-refractivity contribution >= 4 is 23.1 Å². The number of nitrogens with zero attached hydrogens (tertiary/aromatic N) is 1. The molecule has 1 aliphatic rings. The lowest BCUT2D eigenvalue weighted by atomic mass is 10.0. The first kappa shape index (κ1) is 20.3. The van der Waals surface area contributed by atoms with Gasteiger partial charge in [-0.25, -0.2) is 0 Å². The van der Waals surface area contributed by atoms with Crippen LogP contribution in [0.5, 0.6) is 17.2 Å². The van der Waals surface area contributed by atoms with Crippen molar-refractivity contribution in [1.82, 2.24) is 4.90 Å². The molecule has 0 fully saturated rings. The van der Waals surface area contributed by atoms with E-state index in [1.807, 2.05) is 6.92 Å². The molecule has 152 valence electrons. The lowest BCUT2D eigenvalue weighted by Crippen LogP contribution is -2.33. The van der Waals surface area contributed by atoms with Crippen LogP contribution in [0.15, 0.2) is 48.2 Å². The van der Waals surface area contributed by atoms with Crippen LogP contribution < -0.4 is 19.5 Å². The highest BCUT2D eigenvalue weighted by Crippen LogP contribution is 2.35. The van der Waals surface area contributed by atoms with Gasteiger partial charge in [0.1, 0.15) is 22.9 Å². The van der Waals surface area contributed by atoms with Crippen molar-refractivity contribution in [1.29, 1.82) is 0 Å². The summed E-state index contributed by atoms with van der Waals surface area (Å²) in [7, 11) is 4.67. The van der Waals surface area contributed by atoms with Crippen LogP contribution >= 0.6 is 0 Å². The first-order valence-electron chi connectivity index (χ1n) is 9.28. The van der Waals surface area contributed by atoms with E-state index in [0.29, 0.717) is 47.0 Å². The molecule has 1 aliphatic heterocycles. The molecule has 0 radical (unpaired) electrons. The van der Waals surface area contributed by atoms with E-state index in [4.69, 9.17) is 14.2 Å². The molecule has 1 heterocycles. The summed E-state index contributed by atoms with van der Waals surface area (Å²) in [5.74, 6) is 1.11. The molecule has 2 aromatic rings. The molecule has 0 aliphatic carbocycles. The third-order valence-corrected chi connectivity index (χ3v) is 4.66. The van der Waals surface area contributed by atoms with Gasteiger partial charge in [0.25, 0.3) is 11.8 Å². The molecule has 0 aromatic heterocycles. The summed E-state index contributed by atoms with van der Waals surface area (Å²) in [6, 6.07) is 12.3. The largest absolute Gasteiger partial charge is 0.497 e. The molecule has 0 spiro atoms. The van der Waals surface area contributed by atoms with E-state index in [1.54, 1.807) is 56.7 Å². The van der Waals surface area contributed by atoms with Gasteiger partial charge in [0, 0.05) is 12.6 Å². The SMILES string of the molecule is CCCN1C(=O)C(Nc2ccc(OC)cc2OC)=C(c2ccc(OC)cc2)C1=O. The van der Waals surface area contributed by atoms with Crippen molar-refractivity contribution in [2.24, 2.45) is 0 Å². The Labute approximate surface area is 169 Å². The van der Waals surface area contributed by atoms with Crippen LogP contribution in [0.2, 0.25) is 0 Å². The molecule has 2 aromatic carbocycles. The van der Waals surface area contributed by atoms with Crippen LogP contribution in [-0.4, -0.2) is 44.6 Å². The highest BCUT2D eigenvalue weighted by Gasteiger charge is 2.39. The Morgan fingerprint density at radius 3 is 2.10 bits per heavy atom. The second-order valence-electron chi connectivity index (χ2n) is 6.43. The number of ether oxygens (including phenoxy) is 3. The van der Waals surface area contributed by atoms with E-state index in [9.17, 15) is 9.59 Å². The Morgan fingerprint density at radius 1 is 0.862 bits per heavy atom. The molecule has 3 rings (SSSR count). The summed E-state index contributed by atoms with van der Waals surface area (Å²) in [5.41, 5.74) is 1.74. The molecule has 0 saturated heterocycles. The number of amides is 2. The number of benzene rings is 2. The Hall–Kier alpha value is -3.48. The predicted octanol–water partition coefficient (Wildman–Crippen LogP) is 3.31. The summed E-state index contributed by atoms with van der Waals surface area (Å²) in [5, 5.41) is 3.11. The highest BCUT2D eigenvalue weighted by atomic mass is 16.5. The van der Waals surface area contributed by atoms with Crippen molar-refractivity contribution in [2.75, 3.05) is 33.2 Å². The van der Waals surface area contributed by atoms with Crippen LogP contribution in [0.4, 0.5) is 5.69 Å². The number of hydrogen-bond donors (Lipinski definition) is 1. The van der Waals surface area contributed by atoms with Gasteiger partial charge in [-0.05, 0) is 36.2 Å². The minimum atomic E-state index is -0.361. The van der Waals surface area contributed by atoms with E-state index in [0.717, 1.165) is 0 Å². The van der Waals surface area contributed by atoms with Crippen LogP contribution in [0, 0.1) is 0 Å². The monoisotopic (exact) mass is 396 g/mol. The molecule has 2 amide bonds. The molecule has 0 saturated carbocycles. The van der Waals surface area contributed by atoms with Gasteiger partial charge in [-0.15, -0.1) is 0 Å². The molecule has 0 bridgehead atoms. The zero-order chi connectivity index (χ0) is 21.0. The van der Waals surface area contributed by atoms with Crippen LogP contribution in [0.25, 0.3) is 5.57 Å². The second-order valence-corrected chi connectivity index (χ2v) is 6.43. The average molecular weight is 396 g/mol. The van der Waals surface area contributed by atoms with Crippen molar-refractivity contribution in [3.8, 4) is 17.2 Å². The quantitative estimate of drug-likeness (QED) is 0.690. The van der Waals surface area contributed by atoms with E-state index >= 15 is 0 Å². The Bertz CT molecular complexity index is 950. The van der Waals surface area contributed by atoms with E-state index < -0.39 is 0 Å². The van der Waals surface area contributed by atoms with Gasteiger partial charge in [-0.1, -0.05) is 19.1 Å². The number of carbonyl (C=O) groups is 2. The van der Waals surface area contributed by atoms with Gasteiger partial charge in [0.2, 0.25) is 0 Å². The number of anilines is 1. The van der Waals surface area contributed by atoms with Crippen LogP contribution in [0.3, 0.4) is 0 Å². The normalized spacial score (nSPS) is 13.7. The van der Waals surface area contributed by atoms with Crippen molar-refractivity contribution in [3.63, 3.8) is 0 Å². The molecule has 0 atom stereocenters. The van der Waals surface area contributed by atoms with E-state index in [-0.39, 0.29) is 17.5 Å². The molecule has 7 heteroatoms. The fraction of sp³-hybridized carbons (Fsp3) is 0.273. The van der Waals surface area contributed by atoms with Crippen molar-refractivity contribution in [3.05, 3.63) is 53.7 Å². The summed E-state index contributed by atoms with van der Waals surface area (Å²) in [4.78, 5) is 27.3. The van der Waals surface area contributed by atoms with Crippen LogP contribution in [-0.2, 0) is 9.59 Å². The maximum absolute atomic E-state index is 13.0. The fourth-order valence-corrected chi connectivity index (χ4v) is 3.18. The number of imide groups is 1. The fourth-order valence-electron chi connectivity index (χ4n) is 3.18. The Balaban J connectivity index is 2.07. The first-order valence-corrected chi connectivity index (χ1v) is 9.28. The predicted molar refractivity (Wildman–Crippen MR) is 110 cm³/mol. The third-order valence-electron chi connectivity index (χ3n) is 4.66. The summed E-state index contributed by atoms with van der Waals surface area (Å²) < 4.78 is 15.8. The highest BCUT2D eigenvalue weighted by molar-refractivity contribution is 6.36. The second kappa shape index (κ2) is 8.68. The van der Waals surface area contributed by atoms with Gasteiger partial charge in [0.15, 0.2) is 0 Å². The first-order chi connectivity index (χ1) is 14.0. The molecule has 7 nitrogen and oxygen atoms in total. The van der Waals surface area contributed by atoms with Crippen molar-refractivity contribution in [2.45, 2.75) is 13.3 Å². The Morgan fingerprint density at radius 2 is 1.52 bits per heavy atom. The lowest BCUT2D eigenvalue weighted by molar-refractivity contribution is -0.136. The summed E-state index contributed by atoms with van der Waals surface area (Å²) >= 11 is 0. The number of nitrogens with one attached hydrogen (secondary N) is 1. The third kappa shape index (κ3) is 3.89. The maximum Gasteiger partial charge on any atom is 0.278 e. The van der Waals surface area contributed by atoms with Crippen molar-refractivity contribution < 1.29 is 23.8 Å². The van der Waals surface area contributed by atoms with Crippen LogP contribution in [0.1, 0.15) is 18.9 Å². The molecule has 29 heavy (non-hydrogen) atoms. The zero-order valence-electron chi connectivity index (χ0n) is 16.9. The number of rotatable bonds is 8. The molecule has 1 N–H and O–H groups in total. The van der Waals surface area contributed by atoms with Gasteiger partial charge in [-0.3, -0.25) is 14.5 Å². The Kier molecular flexibility index (Phi) is 6.07. The maximum atomic E-state index is 13.0. The van der Waals surface area contributed by atoms with Gasteiger partial charge >= 0.3 is 0 Å². The lowest BCUT2D eigenvalue weighted by Gasteiger charge is -2.15. The topological polar surface area (TPSA) is 77.1 Å². The number of hydrogen-bond acceptors (Lipinski definition) is 6. The molecular formula is C22H24N2O5.